The van der Waals surface area contributed by atoms with Crippen LogP contribution in [-0.2, 0) is 6.42 Å². The molecule has 1 atom stereocenters. The van der Waals surface area contributed by atoms with Crippen molar-refractivity contribution in [2.24, 2.45) is 0 Å². The second kappa shape index (κ2) is 7.32. The molecule has 0 spiro atoms. The summed E-state index contributed by atoms with van der Waals surface area (Å²) in [6.45, 7) is 7.08. The Hall–Kier alpha value is -1.74. The largest absolute Gasteiger partial charge is 0.310 e. The van der Waals surface area contributed by atoms with Crippen LogP contribution in [0.4, 0.5) is 4.39 Å². The van der Waals surface area contributed by atoms with Gasteiger partial charge in [0.25, 0.3) is 0 Å². The molecule has 0 aliphatic heterocycles. The normalized spacial score (nSPS) is 12.4. The summed E-state index contributed by atoms with van der Waals surface area (Å²) in [5.41, 5.74) is 4.34. The van der Waals surface area contributed by atoms with E-state index in [9.17, 15) is 4.39 Å². The van der Waals surface area contributed by atoms with Gasteiger partial charge in [-0.2, -0.15) is 0 Å². The highest BCUT2D eigenvalue weighted by atomic mass is 19.1. The van der Waals surface area contributed by atoms with Crippen molar-refractivity contribution in [3.63, 3.8) is 0 Å². The highest BCUT2D eigenvalue weighted by molar-refractivity contribution is 5.30. The predicted molar refractivity (Wildman–Crippen MR) is 84.8 cm³/mol. The van der Waals surface area contributed by atoms with Crippen LogP contribution in [0.15, 0.2) is 36.5 Å². The van der Waals surface area contributed by atoms with E-state index in [1.165, 1.54) is 6.07 Å². The quantitative estimate of drug-likeness (QED) is 0.864. The molecule has 0 saturated heterocycles. The third-order valence-corrected chi connectivity index (χ3v) is 3.63. The standard InChI is InChI=1S/C18H23FN2/c1-4-9-20-18(11-16-7-5-13(2)12-21-16)17-8-6-15(19)10-14(17)3/h5-8,10,12,18,20H,4,9,11H2,1-3H3. The van der Waals surface area contributed by atoms with Crippen molar-refractivity contribution < 1.29 is 4.39 Å². The van der Waals surface area contributed by atoms with Crippen LogP contribution < -0.4 is 5.32 Å². The molecule has 112 valence electrons. The Labute approximate surface area is 126 Å². The lowest BCUT2D eigenvalue weighted by Gasteiger charge is -2.21. The molecule has 21 heavy (non-hydrogen) atoms. The second-order valence-electron chi connectivity index (χ2n) is 5.54. The van der Waals surface area contributed by atoms with Crippen LogP contribution in [0.5, 0.6) is 0 Å². The first-order valence-electron chi connectivity index (χ1n) is 7.51. The van der Waals surface area contributed by atoms with Gasteiger partial charge in [-0.25, -0.2) is 4.39 Å². The van der Waals surface area contributed by atoms with Crippen molar-refractivity contribution in [2.75, 3.05) is 6.54 Å². The summed E-state index contributed by atoms with van der Waals surface area (Å²) in [4.78, 5) is 4.48. The number of nitrogens with zero attached hydrogens (tertiary/aromatic N) is 1. The summed E-state index contributed by atoms with van der Waals surface area (Å²) in [7, 11) is 0. The summed E-state index contributed by atoms with van der Waals surface area (Å²) in [5, 5.41) is 3.55. The van der Waals surface area contributed by atoms with Gasteiger partial charge < -0.3 is 5.32 Å². The van der Waals surface area contributed by atoms with E-state index in [4.69, 9.17) is 0 Å². The Balaban J connectivity index is 2.22. The summed E-state index contributed by atoms with van der Waals surface area (Å²) in [6.07, 6.45) is 3.77. The maximum absolute atomic E-state index is 13.3. The lowest BCUT2D eigenvalue weighted by Crippen LogP contribution is -2.25. The highest BCUT2D eigenvalue weighted by Gasteiger charge is 2.15. The van der Waals surface area contributed by atoms with E-state index in [1.54, 1.807) is 6.07 Å². The molecule has 1 N–H and O–H groups in total. The van der Waals surface area contributed by atoms with Gasteiger partial charge in [-0.1, -0.05) is 19.1 Å². The van der Waals surface area contributed by atoms with Crippen LogP contribution in [0.3, 0.4) is 0 Å². The average Bonchev–Trinajstić information content (AvgIpc) is 2.46. The van der Waals surface area contributed by atoms with Crippen LogP contribution in [-0.4, -0.2) is 11.5 Å². The zero-order valence-corrected chi connectivity index (χ0v) is 13.0. The van der Waals surface area contributed by atoms with Crippen molar-refractivity contribution in [1.29, 1.82) is 0 Å². The summed E-state index contributed by atoms with van der Waals surface area (Å²) in [5.74, 6) is -0.182. The Morgan fingerprint density at radius 3 is 2.62 bits per heavy atom. The number of aryl methyl sites for hydroxylation is 2. The first kappa shape index (κ1) is 15.6. The molecule has 0 aliphatic carbocycles. The van der Waals surface area contributed by atoms with Gasteiger partial charge in [-0.05, 0) is 61.7 Å². The van der Waals surface area contributed by atoms with E-state index in [-0.39, 0.29) is 11.9 Å². The Bertz CT molecular complexity index is 578. The van der Waals surface area contributed by atoms with Gasteiger partial charge in [0.05, 0.1) is 0 Å². The first-order chi connectivity index (χ1) is 10.1. The number of aromatic nitrogens is 1. The molecule has 0 amide bonds. The molecule has 2 rings (SSSR count). The van der Waals surface area contributed by atoms with Crippen molar-refractivity contribution in [3.8, 4) is 0 Å². The molecule has 0 radical (unpaired) electrons. The number of nitrogens with one attached hydrogen (secondary N) is 1. The van der Waals surface area contributed by atoms with Crippen molar-refractivity contribution in [1.82, 2.24) is 10.3 Å². The second-order valence-corrected chi connectivity index (χ2v) is 5.54. The minimum absolute atomic E-state index is 0.167. The summed E-state index contributed by atoms with van der Waals surface area (Å²) >= 11 is 0. The van der Waals surface area contributed by atoms with E-state index in [0.29, 0.717) is 0 Å². The fourth-order valence-electron chi connectivity index (χ4n) is 2.47. The summed E-state index contributed by atoms with van der Waals surface area (Å²) in [6, 6.07) is 9.32. The Morgan fingerprint density at radius 1 is 1.19 bits per heavy atom. The van der Waals surface area contributed by atoms with Crippen molar-refractivity contribution in [2.45, 2.75) is 39.7 Å². The molecule has 1 aromatic heterocycles. The molecule has 0 fully saturated rings. The first-order valence-corrected chi connectivity index (χ1v) is 7.51. The van der Waals surface area contributed by atoms with E-state index >= 15 is 0 Å². The molecule has 0 bridgehead atoms. The molecular formula is C18H23FN2. The number of pyridine rings is 1. The molecule has 1 aromatic carbocycles. The van der Waals surface area contributed by atoms with Crippen LogP contribution in [0.25, 0.3) is 0 Å². The van der Waals surface area contributed by atoms with Crippen molar-refractivity contribution in [3.05, 3.63) is 64.7 Å². The lowest BCUT2D eigenvalue weighted by molar-refractivity contribution is 0.520. The third kappa shape index (κ3) is 4.36. The van der Waals surface area contributed by atoms with Crippen LogP contribution in [0.2, 0.25) is 0 Å². The van der Waals surface area contributed by atoms with E-state index in [0.717, 1.165) is 41.8 Å². The third-order valence-electron chi connectivity index (χ3n) is 3.63. The van der Waals surface area contributed by atoms with Gasteiger partial charge in [0.1, 0.15) is 5.82 Å². The number of rotatable bonds is 6. The van der Waals surface area contributed by atoms with Gasteiger partial charge >= 0.3 is 0 Å². The molecule has 2 nitrogen and oxygen atoms in total. The van der Waals surface area contributed by atoms with Gasteiger partial charge in [-0.3, -0.25) is 4.98 Å². The zero-order chi connectivity index (χ0) is 15.2. The molecule has 1 unspecified atom stereocenters. The maximum atomic E-state index is 13.3. The van der Waals surface area contributed by atoms with Gasteiger partial charge in [0.15, 0.2) is 0 Å². The molecule has 3 heteroatoms. The monoisotopic (exact) mass is 286 g/mol. The number of hydrogen-bond donors (Lipinski definition) is 1. The minimum Gasteiger partial charge on any atom is -0.310 e. The Kier molecular flexibility index (Phi) is 5.45. The smallest absolute Gasteiger partial charge is 0.123 e. The number of halogens is 1. The van der Waals surface area contributed by atoms with E-state index in [2.05, 4.69) is 29.4 Å². The van der Waals surface area contributed by atoms with Gasteiger partial charge in [0, 0.05) is 24.4 Å². The topological polar surface area (TPSA) is 24.9 Å². The van der Waals surface area contributed by atoms with Crippen LogP contribution in [0.1, 0.15) is 41.8 Å². The maximum Gasteiger partial charge on any atom is 0.123 e. The highest BCUT2D eigenvalue weighted by Crippen LogP contribution is 2.22. The van der Waals surface area contributed by atoms with Gasteiger partial charge in [0.2, 0.25) is 0 Å². The molecule has 1 heterocycles. The zero-order valence-electron chi connectivity index (χ0n) is 13.0. The van der Waals surface area contributed by atoms with Crippen LogP contribution in [0, 0.1) is 19.7 Å². The minimum atomic E-state index is -0.182. The predicted octanol–water partition coefficient (Wildman–Crippen LogP) is 4.12. The van der Waals surface area contributed by atoms with E-state index in [1.807, 2.05) is 26.1 Å². The average molecular weight is 286 g/mol. The van der Waals surface area contributed by atoms with Crippen molar-refractivity contribution >= 4 is 0 Å². The fraction of sp³-hybridized carbons (Fsp3) is 0.389. The number of benzene rings is 1. The van der Waals surface area contributed by atoms with Crippen LogP contribution >= 0.6 is 0 Å². The molecule has 0 aliphatic rings. The molecule has 0 saturated carbocycles. The molecule has 2 aromatic rings. The van der Waals surface area contributed by atoms with Gasteiger partial charge in [-0.15, -0.1) is 0 Å². The van der Waals surface area contributed by atoms with E-state index < -0.39 is 0 Å². The SMILES string of the molecule is CCCNC(Cc1ccc(C)cn1)c1ccc(F)cc1C. The lowest BCUT2D eigenvalue weighted by atomic mass is 9.97. The fourth-order valence-corrected chi connectivity index (χ4v) is 2.47. The molecular weight excluding hydrogens is 263 g/mol. The summed E-state index contributed by atoms with van der Waals surface area (Å²) < 4.78 is 13.3. The number of hydrogen-bond acceptors (Lipinski definition) is 2. The Morgan fingerprint density at radius 2 is 2.00 bits per heavy atom.